The molecular weight excluding hydrogens is 368 g/mol. The predicted molar refractivity (Wildman–Crippen MR) is 113 cm³/mol. The Kier molecular flexibility index (Phi) is 7.95. The van der Waals surface area contributed by atoms with Gasteiger partial charge in [0.15, 0.2) is 0 Å². The van der Waals surface area contributed by atoms with Gasteiger partial charge in [-0.1, -0.05) is 32.9 Å². The maximum absolute atomic E-state index is 11.8. The molecule has 0 aliphatic rings. The Labute approximate surface area is 171 Å². The fraction of sp³-hybridized carbons (Fsp3) is 0.348. The van der Waals surface area contributed by atoms with Crippen LogP contribution in [0.1, 0.15) is 48.7 Å². The summed E-state index contributed by atoms with van der Waals surface area (Å²) in [6.07, 6.45) is 6.50. The zero-order valence-corrected chi connectivity index (χ0v) is 17.4. The molecule has 1 aromatic heterocycles. The molecule has 0 aliphatic heterocycles. The standard InChI is InChI=1S/C23H28N2O4/c1-23(2,3)19-7-5-8-20(14-19)28-11-6-12-29-21(26)10-9-17-13-18(16-25-15-17)22(27)24-4/h5,7-10,13-16H,6,11-12H2,1-4H3,(H,24,27)/b10-9+. The molecule has 0 unspecified atom stereocenters. The third kappa shape index (κ3) is 7.41. The van der Waals surface area contributed by atoms with Gasteiger partial charge in [-0.2, -0.15) is 0 Å². The number of rotatable bonds is 8. The van der Waals surface area contributed by atoms with Crippen molar-refractivity contribution in [3.05, 3.63) is 65.5 Å². The number of hydrogen-bond acceptors (Lipinski definition) is 5. The number of ether oxygens (including phenoxy) is 2. The molecule has 29 heavy (non-hydrogen) atoms. The van der Waals surface area contributed by atoms with Gasteiger partial charge in [0.05, 0.1) is 18.8 Å². The number of esters is 1. The first-order chi connectivity index (χ1) is 13.8. The molecule has 2 aromatic rings. The first-order valence-corrected chi connectivity index (χ1v) is 9.55. The van der Waals surface area contributed by atoms with Crippen LogP contribution in [0.4, 0.5) is 0 Å². The molecule has 6 nitrogen and oxygen atoms in total. The molecular formula is C23H28N2O4. The van der Waals surface area contributed by atoms with Crippen molar-refractivity contribution in [1.29, 1.82) is 0 Å². The van der Waals surface area contributed by atoms with Crippen molar-refractivity contribution in [3.63, 3.8) is 0 Å². The molecule has 1 amide bonds. The number of nitrogens with one attached hydrogen (secondary N) is 1. The summed E-state index contributed by atoms with van der Waals surface area (Å²) in [5.41, 5.74) is 2.35. The molecule has 1 N–H and O–H groups in total. The molecule has 0 saturated heterocycles. The smallest absolute Gasteiger partial charge is 0.330 e. The average molecular weight is 396 g/mol. The van der Waals surface area contributed by atoms with Crippen LogP contribution in [0.2, 0.25) is 0 Å². The summed E-state index contributed by atoms with van der Waals surface area (Å²) in [6, 6.07) is 9.67. The SMILES string of the molecule is CNC(=O)c1cncc(/C=C/C(=O)OCCCOc2cccc(C(C)(C)C)c2)c1. The van der Waals surface area contributed by atoms with E-state index in [-0.39, 0.29) is 17.9 Å². The monoisotopic (exact) mass is 396 g/mol. The number of nitrogens with zero attached hydrogens (tertiary/aromatic N) is 1. The number of pyridine rings is 1. The fourth-order valence-corrected chi connectivity index (χ4v) is 2.50. The summed E-state index contributed by atoms with van der Waals surface area (Å²) in [5.74, 6) is 0.126. The molecule has 1 aromatic carbocycles. The van der Waals surface area contributed by atoms with Gasteiger partial charge in [-0.15, -0.1) is 0 Å². The van der Waals surface area contributed by atoms with Gasteiger partial charge in [0, 0.05) is 31.9 Å². The van der Waals surface area contributed by atoms with Crippen LogP contribution in [0.3, 0.4) is 0 Å². The highest BCUT2D eigenvalue weighted by atomic mass is 16.5. The highest BCUT2D eigenvalue weighted by molar-refractivity contribution is 5.94. The third-order valence-corrected chi connectivity index (χ3v) is 4.16. The molecule has 1 heterocycles. The number of aromatic nitrogens is 1. The molecule has 0 radical (unpaired) electrons. The van der Waals surface area contributed by atoms with Crippen LogP contribution in [-0.2, 0) is 14.9 Å². The highest BCUT2D eigenvalue weighted by Crippen LogP contribution is 2.25. The second-order valence-corrected chi connectivity index (χ2v) is 7.57. The van der Waals surface area contributed by atoms with Crippen molar-refractivity contribution in [2.24, 2.45) is 0 Å². The van der Waals surface area contributed by atoms with Crippen molar-refractivity contribution in [3.8, 4) is 5.75 Å². The lowest BCUT2D eigenvalue weighted by molar-refractivity contribution is -0.137. The summed E-state index contributed by atoms with van der Waals surface area (Å²) in [4.78, 5) is 27.4. The van der Waals surface area contributed by atoms with Crippen LogP contribution in [0.5, 0.6) is 5.75 Å². The fourth-order valence-electron chi connectivity index (χ4n) is 2.50. The van der Waals surface area contributed by atoms with E-state index in [9.17, 15) is 9.59 Å². The van der Waals surface area contributed by atoms with E-state index in [1.54, 1.807) is 25.4 Å². The van der Waals surface area contributed by atoms with Gasteiger partial charge in [-0.3, -0.25) is 9.78 Å². The molecule has 6 heteroatoms. The summed E-state index contributed by atoms with van der Waals surface area (Å²) < 4.78 is 10.9. The van der Waals surface area contributed by atoms with Crippen LogP contribution in [0, 0.1) is 0 Å². The zero-order valence-electron chi connectivity index (χ0n) is 17.4. The molecule has 0 bridgehead atoms. The van der Waals surface area contributed by atoms with Crippen LogP contribution < -0.4 is 10.1 Å². The predicted octanol–water partition coefficient (Wildman–Crippen LogP) is 3.76. The van der Waals surface area contributed by atoms with Crippen molar-refractivity contribution in [2.75, 3.05) is 20.3 Å². The third-order valence-electron chi connectivity index (χ3n) is 4.16. The highest BCUT2D eigenvalue weighted by Gasteiger charge is 2.13. The quantitative estimate of drug-likeness (QED) is 0.418. The minimum atomic E-state index is -0.454. The Hall–Kier alpha value is -3.15. The molecule has 154 valence electrons. The Morgan fingerprint density at radius 3 is 2.66 bits per heavy atom. The summed E-state index contributed by atoms with van der Waals surface area (Å²) in [7, 11) is 1.55. The van der Waals surface area contributed by atoms with Gasteiger partial charge in [-0.05, 0) is 40.8 Å². The maximum atomic E-state index is 11.8. The number of carbonyl (C=O) groups is 2. The van der Waals surface area contributed by atoms with Gasteiger partial charge in [0.1, 0.15) is 5.75 Å². The Bertz CT molecular complexity index is 869. The van der Waals surface area contributed by atoms with E-state index in [0.29, 0.717) is 24.2 Å². The van der Waals surface area contributed by atoms with Gasteiger partial charge in [0.25, 0.3) is 5.91 Å². The summed E-state index contributed by atoms with van der Waals surface area (Å²) in [5, 5.41) is 2.53. The Balaban J connectivity index is 1.74. The lowest BCUT2D eigenvalue weighted by atomic mass is 9.87. The maximum Gasteiger partial charge on any atom is 0.330 e. The van der Waals surface area contributed by atoms with E-state index in [1.165, 1.54) is 17.8 Å². The van der Waals surface area contributed by atoms with Gasteiger partial charge >= 0.3 is 5.97 Å². The van der Waals surface area contributed by atoms with Crippen LogP contribution in [0.15, 0.2) is 48.8 Å². The lowest BCUT2D eigenvalue weighted by Crippen LogP contribution is -2.17. The molecule has 0 aliphatic carbocycles. The van der Waals surface area contributed by atoms with Crippen molar-refractivity contribution in [1.82, 2.24) is 10.3 Å². The largest absolute Gasteiger partial charge is 0.493 e. The van der Waals surface area contributed by atoms with Gasteiger partial charge < -0.3 is 14.8 Å². The van der Waals surface area contributed by atoms with E-state index in [1.807, 2.05) is 18.2 Å². The van der Waals surface area contributed by atoms with Crippen LogP contribution in [0.25, 0.3) is 6.08 Å². The number of carbonyl (C=O) groups excluding carboxylic acids is 2. The van der Waals surface area contributed by atoms with Gasteiger partial charge in [0.2, 0.25) is 0 Å². The van der Waals surface area contributed by atoms with E-state index >= 15 is 0 Å². The molecule has 0 saturated carbocycles. The van der Waals surface area contributed by atoms with E-state index < -0.39 is 5.97 Å². The lowest BCUT2D eigenvalue weighted by Gasteiger charge is -2.19. The Morgan fingerprint density at radius 2 is 1.93 bits per heavy atom. The van der Waals surface area contributed by atoms with E-state index in [0.717, 1.165) is 5.75 Å². The summed E-state index contributed by atoms with van der Waals surface area (Å²) in [6.45, 7) is 7.19. The van der Waals surface area contributed by atoms with E-state index in [2.05, 4.69) is 37.1 Å². The minimum absolute atomic E-state index is 0.0661. The second-order valence-electron chi connectivity index (χ2n) is 7.57. The number of amides is 1. The topological polar surface area (TPSA) is 77.5 Å². The normalized spacial score (nSPS) is 11.3. The Morgan fingerprint density at radius 1 is 1.14 bits per heavy atom. The molecule has 0 atom stereocenters. The molecule has 0 spiro atoms. The van der Waals surface area contributed by atoms with Gasteiger partial charge in [-0.25, -0.2) is 4.79 Å². The van der Waals surface area contributed by atoms with Crippen LogP contribution in [-0.4, -0.2) is 37.1 Å². The molecule has 2 rings (SSSR count). The average Bonchev–Trinajstić information content (AvgIpc) is 2.71. The first kappa shape index (κ1) is 22.1. The summed E-state index contributed by atoms with van der Waals surface area (Å²) >= 11 is 0. The molecule has 0 fully saturated rings. The number of hydrogen-bond donors (Lipinski definition) is 1. The van der Waals surface area contributed by atoms with Crippen molar-refractivity contribution in [2.45, 2.75) is 32.6 Å². The second kappa shape index (κ2) is 10.4. The van der Waals surface area contributed by atoms with Crippen molar-refractivity contribution < 1.29 is 19.1 Å². The zero-order chi connectivity index (χ0) is 21.3. The van der Waals surface area contributed by atoms with E-state index in [4.69, 9.17) is 9.47 Å². The first-order valence-electron chi connectivity index (χ1n) is 9.55. The van der Waals surface area contributed by atoms with Crippen molar-refractivity contribution >= 4 is 18.0 Å². The van der Waals surface area contributed by atoms with Crippen LogP contribution >= 0.6 is 0 Å². The minimum Gasteiger partial charge on any atom is -0.493 e. The number of benzene rings is 1.